The Morgan fingerprint density at radius 3 is 2.53 bits per heavy atom. The average molecular weight is 262 g/mol. The molecule has 0 aromatic heterocycles. The van der Waals surface area contributed by atoms with E-state index >= 15 is 0 Å². The third-order valence-electron chi connectivity index (χ3n) is 4.26. The smallest absolute Gasteiger partial charge is 0.121 e. The molecule has 1 aliphatic rings. The Morgan fingerprint density at radius 1 is 1.26 bits per heavy atom. The zero-order valence-corrected chi connectivity index (χ0v) is 12.4. The van der Waals surface area contributed by atoms with E-state index in [0.29, 0.717) is 12.1 Å². The van der Waals surface area contributed by atoms with Crippen molar-refractivity contribution in [3.8, 4) is 5.75 Å². The third-order valence-corrected chi connectivity index (χ3v) is 4.26. The Kier molecular flexibility index (Phi) is 4.83. The van der Waals surface area contributed by atoms with E-state index in [9.17, 15) is 0 Å². The van der Waals surface area contributed by atoms with Crippen molar-refractivity contribution in [1.82, 2.24) is 4.90 Å². The van der Waals surface area contributed by atoms with Crippen LogP contribution in [0.5, 0.6) is 5.75 Å². The molecule has 0 aliphatic heterocycles. The lowest BCUT2D eigenvalue weighted by Gasteiger charge is -2.33. The molecule has 3 heteroatoms. The van der Waals surface area contributed by atoms with Crippen LogP contribution < -0.4 is 10.5 Å². The second-order valence-electron chi connectivity index (χ2n) is 5.79. The molecule has 1 aliphatic carbocycles. The van der Waals surface area contributed by atoms with Crippen LogP contribution in [0.25, 0.3) is 0 Å². The first-order valence-corrected chi connectivity index (χ1v) is 7.19. The Labute approximate surface area is 116 Å². The summed E-state index contributed by atoms with van der Waals surface area (Å²) < 4.78 is 5.31. The summed E-state index contributed by atoms with van der Waals surface area (Å²) in [5, 5.41) is 0. The number of nitrogens with zero attached hydrogens (tertiary/aromatic N) is 1. The van der Waals surface area contributed by atoms with E-state index in [4.69, 9.17) is 10.5 Å². The van der Waals surface area contributed by atoms with Crippen molar-refractivity contribution in [2.45, 2.75) is 51.2 Å². The minimum Gasteiger partial charge on any atom is -0.496 e. The standard InChI is InChI=1S/C16H26N2O/c1-12-10-13(4-9-16(12)19-3)11-18(2)15-7-5-14(17)6-8-15/h4,9-10,14-15H,5-8,11,17H2,1-3H3. The molecule has 1 fully saturated rings. The molecule has 0 heterocycles. The van der Waals surface area contributed by atoms with E-state index in [1.165, 1.54) is 24.0 Å². The van der Waals surface area contributed by atoms with Gasteiger partial charge in [0, 0.05) is 18.6 Å². The topological polar surface area (TPSA) is 38.5 Å². The summed E-state index contributed by atoms with van der Waals surface area (Å²) in [6.07, 6.45) is 4.78. The van der Waals surface area contributed by atoms with E-state index < -0.39 is 0 Å². The highest BCUT2D eigenvalue weighted by Crippen LogP contribution is 2.24. The molecule has 0 atom stereocenters. The van der Waals surface area contributed by atoms with Gasteiger partial charge in [-0.05, 0) is 56.8 Å². The number of hydrogen-bond donors (Lipinski definition) is 1. The van der Waals surface area contributed by atoms with Crippen molar-refractivity contribution < 1.29 is 4.74 Å². The molecule has 3 nitrogen and oxygen atoms in total. The van der Waals surface area contributed by atoms with Crippen molar-refractivity contribution >= 4 is 0 Å². The van der Waals surface area contributed by atoms with E-state index in [1.54, 1.807) is 7.11 Å². The van der Waals surface area contributed by atoms with Gasteiger partial charge in [0.15, 0.2) is 0 Å². The first-order chi connectivity index (χ1) is 9.10. The van der Waals surface area contributed by atoms with Crippen LogP contribution in [-0.4, -0.2) is 31.1 Å². The van der Waals surface area contributed by atoms with Crippen LogP contribution in [0.4, 0.5) is 0 Å². The van der Waals surface area contributed by atoms with Crippen LogP contribution >= 0.6 is 0 Å². The number of aryl methyl sites for hydroxylation is 1. The maximum atomic E-state index is 5.97. The van der Waals surface area contributed by atoms with Crippen LogP contribution in [0.1, 0.15) is 36.8 Å². The van der Waals surface area contributed by atoms with Gasteiger partial charge in [-0.15, -0.1) is 0 Å². The second-order valence-corrected chi connectivity index (χ2v) is 5.79. The minimum atomic E-state index is 0.424. The number of methoxy groups -OCH3 is 1. The number of hydrogen-bond acceptors (Lipinski definition) is 3. The van der Waals surface area contributed by atoms with Gasteiger partial charge in [0.25, 0.3) is 0 Å². The van der Waals surface area contributed by atoms with Crippen molar-refractivity contribution in [2.24, 2.45) is 5.73 Å². The lowest BCUT2D eigenvalue weighted by atomic mass is 9.91. The SMILES string of the molecule is COc1ccc(CN(C)C2CCC(N)CC2)cc1C. The molecular formula is C16H26N2O. The molecule has 106 valence electrons. The van der Waals surface area contributed by atoms with E-state index in [0.717, 1.165) is 25.1 Å². The van der Waals surface area contributed by atoms with Gasteiger partial charge in [-0.25, -0.2) is 0 Å². The van der Waals surface area contributed by atoms with Crippen LogP contribution in [0.15, 0.2) is 18.2 Å². The zero-order chi connectivity index (χ0) is 13.8. The van der Waals surface area contributed by atoms with E-state index in [-0.39, 0.29) is 0 Å². The summed E-state index contributed by atoms with van der Waals surface area (Å²) in [5.41, 5.74) is 8.53. The Hall–Kier alpha value is -1.06. The van der Waals surface area contributed by atoms with Crippen LogP contribution in [0.3, 0.4) is 0 Å². The fraction of sp³-hybridized carbons (Fsp3) is 0.625. The number of benzene rings is 1. The molecular weight excluding hydrogens is 236 g/mol. The fourth-order valence-electron chi connectivity index (χ4n) is 3.00. The lowest BCUT2D eigenvalue weighted by molar-refractivity contribution is 0.176. The Balaban J connectivity index is 1.95. The zero-order valence-electron chi connectivity index (χ0n) is 12.4. The lowest BCUT2D eigenvalue weighted by Crippen LogP contribution is -2.38. The largest absolute Gasteiger partial charge is 0.496 e. The third kappa shape index (κ3) is 3.71. The van der Waals surface area contributed by atoms with E-state index in [1.807, 2.05) is 0 Å². The van der Waals surface area contributed by atoms with Gasteiger partial charge in [-0.2, -0.15) is 0 Å². The van der Waals surface area contributed by atoms with Gasteiger partial charge in [-0.3, -0.25) is 4.90 Å². The Morgan fingerprint density at radius 2 is 1.95 bits per heavy atom. The van der Waals surface area contributed by atoms with Crippen LogP contribution in [0.2, 0.25) is 0 Å². The monoisotopic (exact) mass is 262 g/mol. The summed E-state index contributed by atoms with van der Waals surface area (Å²) in [6, 6.07) is 7.56. The molecule has 1 aromatic rings. The first-order valence-electron chi connectivity index (χ1n) is 7.19. The molecule has 0 unspecified atom stereocenters. The summed E-state index contributed by atoms with van der Waals surface area (Å²) in [5.74, 6) is 0.968. The first kappa shape index (κ1) is 14.4. The van der Waals surface area contributed by atoms with Crippen LogP contribution in [0, 0.1) is 6.92 Å². The highest BCUT2D eigenvalue weighted by atomic mass is 16.5. The molecule has 0 saturated heterocycles. The van der Waals surface area contributed by atoms with Gasteiger partial charge in [0.1, 0.15) is 5.75 Å². The van der Waals surface area contributed by atoms with Gasteiger partial charge >= 0.3 is 0 Å². The summed E-state index contributed by atoms with van der Waals surface area (Å²) in [6.45, 7) is 3.10. The predicted octanol–water partition coefficient (Wildman–Crippen LogP) is 2.71. The summed E-state index contributed by atoms with van der Waals surface area (Å²) in [4.78, 5) is 2.47. The van der Waals surface area contributed by atoms with Crippen LogP contribution in [-0.2, 0) is 6.54 Å². The van der Waals surface area contributed by atoms with Gasteiger partial charge in [0.2, 0.25) is 0 Å². The van der Waals surface area contributed by atoms with Crippen molar-refractivity contribution in [3.63, 3.8) is 0 Å². The number of ether oxygens (including phenoxy) is 1. The van der Waals surface area contributed by atoms with Gasteiger partial charge < -0.3 is 10.5 Å². The fourth-order valence-corrected chi connectivity index (χ4v) is 3.00. The van der Waals surface area contributed by atoms with Crippen molar-refractivity contribution in [2.75, 3.05) is 14.2 Å². The number of nitrogens with two attached hydrogens (primary N) is 1. The number of rotatable bonds is 4. The molecule has 19 heavy (non-hydrogen) atoms. The molecule has 0 bridgehead atoms. The maximum Gasteiger partial charge on any atom is 0.121 e. The average Bonchev–Trinajstić information content (AvgIpc) is 2.39. The normalized spacial score (nSPS) is 23.6. The summed E-state index contributed by atoms with van der Waals surface area (Å²) in [7, 11) is 3.94. The minimum absolute atomic E-state index is 0.424. The maximum absolute atomic E-state index is 5.97. The predicted molar refractivity (Wildman–Crippen MR) is 79.4 cm³/mol. The molecule has 0 radical (unpaired) electrons. The van der Waals surface area contributed by atoms with Crippen molar-refractivity contribution in [3.05, 3.63) is 29.3 Å². The molecule has 2 N–H and O–H groups in total. The quantitative estimate of drug-likeness (QED) is 0.906. The Bertz CT molecular complexity index is 411. The summed E-state index contributed by atoms with van der Waals surface area (Å²) >= 11 is 0. The molecule has 0 amide bonds. The highest BCUT2D eigenvalue weighted by Gasteiger charge is 2.21. The van der Waals surface area contributed by atoms with E-state index in [2.05, 4.69) is 37.1 Å². The van der Waals surface area contributed by atoms with Crippen molar-refractivity contribution in [1.29, 1.82) is 0 Å². The highest BCUT2D eigenvalue weighted by molar-refractivity contribution is 5.36. The molecule has 0 spiro atoms. The molecule has 1 saturated carbocycles. The van der Waals surface area contributed by atoms with Gasteiger partial charge in [0.05, 0.1) is 7.11 Å². The second kappa shape index (κ2) is 6.40. The molecule has 1 aromatic carbocycles. The molecule has 2 rings (SSSR count). The van der Waals surface area contributed by atoms with Gasteiger partial charge in [-0.1, -0.05) is 12.1 Å².